The van der Waals surface area contributed by atoms with Crippen LogP contribution in [0.2, 0.25) is 0 Å². The van der Waals surface area contributed by atoms with Gasteiger partial charge in [0.2, 0.25) is 10.0 Å². The van der Waals surface area contributed by atoms with Gasteiger partial charge in [0.15, 0.2) is 0 Å². The Morgan fingerprint density at radius 1 is 1.27 bits per heavy atom. The molecular weight excluding hydrogens is 352 g/mol. The minimum absolute atomic E-state index is 0.294. The zero-order chi connectivity index (χ0) is 18.4. The Balaban J connectivity index is 1.53. The molecule has 0 aromatic carbocycles. The van der Waals surface area contributed by atoms with Crippen LogP contribution in [-0.2, 0) is 21.3 Å². The summed E-state index contributed by atoms with van der Waals surface area (Å²) in [5.74, 6) is 0. The Hall–Kier alpha value is -0.960. The minimum Gasteiger partial charge on any atom is -0.372 e. The van der Waals surface area contributed by atoms with Gasteiger partial charge in [-0.05, 0) is 45.6 Å². The highest BCUT2D eigenvalue weighted by atomic mass is 32.2. The Kier molecular flexibility index (Phi) is 4.88. The first-order valence-corrected chi connectivity index (χ1v) is 11.3. The average Bonchev–Trinajstić information content (AvgIpc) is 3.20. The molecule has 7 nitrogen and oxygen atoms in total. The van der Waals surface area contributed by atoms with Crippen LogP contribution < -0.4 is 0 Å². The molecule has 3 aliphatic heterocycles. The Labute approximate surface area is 156 Å². The van der Waals surface area contributed by atoms with Crippen molar-refractivity contribution in [3.63, 3.8) is 0 Å². The molecule has 146 valence electrons. The average molecular weight is 383 g/mol. The molecule has 0 saturated carbocycles. The van der Waals surface area contributed by atoms with Crippen molar-refractivity contribution in [2.24, 2.45) is 0 Å². The summed E-state index contributed by atoms with van der Waals surface area (Å²) in [6, 6.07) is 1.08. The molecule has 8 heteroatoms. The molecule has 4 heterocycles. The largest absolute Gasteiger partial charge is 0.372 e. The molecule has 1 aromatic heterocycles. The molecule has 1 spiro atoms. The summed E-state index contributed by atoms with van der Waals surface area (Å²) in [5, 5.41) is 4.14. The van der Waals surface area contributed by atoms with Crippen molar-refractivity contribution in [3.05, 3.63) is 12.4 Å². The fourth-order valence-corrected chi connectivity index (χ4v) is 6.53. The van der Waals surface area contributed by atoms with E-state index in [4.69, 9.17) is 4.74 Å². The van der Waals surface area contributed by atoms with E-state index >= 15 is 0 Å². The van der Waals surface area contributed by atoms with Crippen LogP contribution in [0.25, 0.3) is 0 Å². The number of nitrogens with zero attached hydrogens (tertiary/aromatic N) is 4. The maximum absolute atomic E-state index is 13.1. The Morgan fingerprint density at radius 2 is 2.00 bits per heavy atom. The molecular formula is C18H30N4O3S. The standard InChI is InChI=1S/C18H30N4O3S/c1-3-7-22-15-5-6-16(22)11-18(10-15)14-21(8-9-25-18)26(23,24)17-12-19-20(4-2)13-17/h12-13,15-16H,3-11,14H2,1-2H3/t15-,16+,18?. The number of rotatable bonds is 5. The van der Waals surface area contributed by atoms with E-state index in [-0.39, 0.29) is 5.60 Å². The fourth-order valence-electron chi connectivity index (χ4n) is 5.08. The van der Waals surface area contributed by atoms with Gasteiger partial charge in [0.1, 0.15) is 4.90 Å². The van der Waals surface area contributed by atoms with Crippen LogP contribution >= 0.6 is 0 Å². The third-order valence-electron chi connectivity index (χ3n) is 6.25. The van der Waals surface area contributed by atoms with Gasteiger partial charge in [-0.25, -0.2) is 8.42 Å². The maximum atomic E-state index is 13.1. The van der Waals surface area contributed by atoms with E-state index in [1.54, 1.807) is 15.2 Å². The molecule has 3 aliphatic rings. The van der Waals surface area contributed by atoms with Crippen molar-refractivity contribution in [1.29, 1.82) is 0 Å². The number of ether oxygens (including phenoxy) is 1. The predicted molar refractivity (Wildman–Crippen MR) is 98.4 cm³/mol. The second kappa shape index (κ2) is 6.89. The second-order valence-corrected chi connectivity index (χ2v) is 9.87. The zero-order valence-electron chi connectivity index (χ0n) is 15.8. The lowest BCUT2D eigenvalue weighted by atomic mass is 9.85. The molecule has 0 amide bonds. The van der Waals surface area contributed by atoms with Gasteiger partial charge in [0.05, 0.1) is 18.4 Å². The van der Waals surface area contributed by atoms with Crippen molar-refractivity contribution in [1.82, 2.24) is 19.0 Å². The summed E-state index contributed by atoms with van der Waals surface area (Å²) < 4.78 is 35.7. The first kappa shape index (κ1) is 18.4. The highest BCUT2D eigenvalue weighted by molar-refractivity contribution is 7.89. The third kappa shape index (κ3) is 3.10. The van der Waals surface area contributed by atoms with Gasteiger partial charge in [-0.3, -0.25) is 9.58 Å². The zero-order valence-corrected chi connectivity index (χ0v) is 16.6. The highest BCUT2D eigenvalue weighted by Gasteiger charge is 2.51. The SMILES string of the molecule is CCCN1[C@@H]2CC[C@H]1CC1(C2)CN(S(=O)(=O)c2cnn(CC)c2)CCO1. The van der Waals surface area contributed by atoms with Crippen molar-refractivity contribution in [3.8, 4) is 0 Å². The fraction of sp³-hybridized carbons (Fsp3) is 0.833. The van der Waals surface area contributed by atoms with Crippen LogP contribution in [0.4, 0.5) is 0 Å². The highest BCUT2D eigenvalue weighted by Crippen LogP contribution is 2.44. The quantitative estimate of drug-likeness (QED) is 0.775. The van der Waals surface area contributed by atoms with Crippen molar-refractivity contribution < 1.29 is 13.2 Å². The number of fused-ring (bicyclic) bond motifs is 2. The minimum atomic E-state index is -3.51. The van der Waals surface area contributed by atoms with Crippen LogP contribution in [0, 0.1) is 0 Å². The molecule has 2 bridgehead atoms. The van der Waals surface area contributed by atoms with Gasteiger partial charge in [-0.15, -0.1) is 0 Å². The number of hydrogen-bond acceptors (Lipinski definition) is 5. The van der Waals surface area contributed by atoms with Crippen LogP contribution in [0.3, 0.4) is 0 Å². The van der Waals surface area contributed by atoms with Crippen molar-refractivity contribution in [2.75, 3.05) is 26.2 Å². The van der Waals surface area contributed by atoms with E-state index in [0.717, 1.165) is 19.4 Å². The molecule has 26 heavy (non-hydrogen) atoms. The van der Waals surface area contributed by atoms with Gasteiger partial charge >= 0.3 is 0 Å². The molecule has 0 radical (unpaired) electrons. The van der Waals surface area contributed by atoms with Gasteiger partial charge < -0.3 is 4.74 Å². The summed E-state index contributed by atoms with van der Waals surface area (Å²) in [6.45, 7) is 7.37. The number of hydrogen-bond donors (Lipinski definition) is 0. The topological polar surface area (TPSA) is 67.7 Å². The molecule has 4 rings (SSSR count). The number of morpholine rings is 1. The summed E-state index contributed by atoms with van der Waals surface area (Å²) in [7, 11) is -3.51. The van der Waals surface area contributed by atoms with Gasteiger partial charge in [0.25, 0.3) is 0 Å². The molecule has 3 saturated heterocycles. The van der Waals surface area contributed by atoms with E-state index in [1.807, 2.05) is 6.92 Å². The molecule has 1 aromatic rings. The van der Waals surface area contributed by atoms with Crippen LogP contribution in [0.5, 0.6) is 0 Å². The number of piperidine rings is 1. The summed E-state index contributed by atoms with van der Waals surface area (Å²) in [6.07, 6.45) is 8.59. The third-order valence-corrected chi connectivity index (χ3v) is 8.05. The van der Waals surface area contributed by atoms with E-state index in [9.17, 15) is 8.42 Å². The predicted octanol–water partition coefficient (Wildman–Crippen LogP) is 1.70. The van der Waals surface area contributed by atoms with Gasteiger partial charge in [-0.1, -0.05) is 6.92 Å². The van der Waals surface area contributed by atoms with Crippen LogP contribution in [-0.4, -0.2) is 71.3 Å². The molecule has 3 atom stereocenters. The van der Waals surface area contributed by atoms with Crippen molar-refractivity contribution >= 4 is 10.0 Å². The Bertz CT molecular complexity index is 733. The summed E-state index contributed by atoms with van der Waals surface area (Å²) in [5.41, 5.74) is -0.317. The van der Waals surface area contributed by atoms with E-state index in [2.05, 4.69) is 16.9 Å². The lowest BCUT2D eigenvalue weighted by Gasteiger charge is -2.50. The molecule has 0 aliphatic carbocycles. The molecule has 0 N–H and O–H groups in total. The molecule has 1 unspecified atom stereocenters. The number of aromatic nitrogens is 2. The smallest absolute Gasteiger partial charge is 0.246 e. The summed E-state index contributed by atoms with van der Waals surface area (Å²) in [4.78, 5) is 2.93. The Morgan fingerprint density at radius 3 is 2.62 bits per heavy atom. The van der Waals surface area contributed by atoms with E-state index in [1.165, 1.54) is 25.5 Å². The second-order valence-electron chi connectivity index (χ2n) is 7.93. The van der Waals surface area contributed by atoms with Gasteiger partial charge in [0, 0.05) is 37.9 Å². The summed E-state index contributed by atoms with van der Waals surface area (Å²) >= 11 is 0. The van der Waals surface area contributed by atoms with E-state index in [0.29, 0.717) is 43.2 Å². The van der Waals surface area contributed by atoms with Crippen LogP contribution in [0.15, 0.2) is 17.3 Å². The van der Waals surface area contributed by atoms with E-state index < -0.39 is 10.0 Å². The first-order chi connectivity index (χ1) is 12.5. The lowest BCUT2D eigenvalue weighted by molar-refractivity contribution is -0.135. The normalized spacial score (nSPS) is 33.2. The van der Waals surface area contributed by atoms with Gasteiger partial charge in [-0.2, -0.15) is 9.40 Å². The maximum Gasteiger partial charge on any atom is 0.246 e. The number of sulfonamides is 1. The van der Waals surface area contributed by atoms with Crippen LogP contribution in [0.1, 0.15) is 46.0 Å². The monoisotopic (exact) mass is 382 g/mol. The molecule has 3 fully saturated rings. The van der Waals surface area contributed by atoms with Crippen molar-refractivity contribution in [2.45, 2.75) is 75.1 Å². The lowest BCUT2D eigenvalue weighted by Crippen LogP contribution is -2.60. The number of aryl methyl sites for hydroxylation is 1. The first-order valence-electron chi connectivity index (χ1n) is 9.90.